The van der Waals surface area contributed by atoms with Gasteiger partial charge in [0.1, 0.15) is 5.75 Å². The average Bonchev–Trinajstić information content (AvgIpc) is 3.06. The number of nitrogens with zero attached hydrogens (tertiary/aromatic N) is 2. The lowest BCUT2D eigenvalue weighted by atomic mass is 9.84. The fourth-order valence-corrected chi connectivity index (χ4v) is 4.70. The Hall–Kier alpha value is -2.59. The molecule has 0 saturated carbocycles. The number of methoxy groups -OCH3 is 1. The molecule has 0 atom stereocenters. The first-order valence-electron chi connectivity index (χ1n) is 10.6. The van der Waals surface area contributed by atoms with Crippen molar-refractivity contribution in [3.8, 4) is 5.75 Å². The highest BCUT2D eigenvalue weighted by Gasteiger charge is 2.46. The zero-order valence-electron chi connectivity index (χ0n) is 17.2. The molecule has 2 saturated heterocycles. The molecule has 0 unspecified atom stereocenters. The van der Waals surface area contributed by atoms with E-state index in [9.17, 15) is 4.79 Å². The number of hydrogen-bond donors (Lipinski definition) is 0. The van der Waals surface area contributed by atoms with Crippen LogP contribution in [0.5, 0.6) is 5.75 Å². The molecule has 4 nitrogen and oxygen atoms in total. The van der Waals surface area contributed by atoms with Crippen LogP contribution in [0.15, 0.2) is 60.7 Å². The zero-order chi connectivity index (χ0) is 20.1. The summed E-state index contributed by atoms with van der Waals surface area (Å²) in [5, 5.41) is 0. The first-order chi connectivity index (χ1) is 14.2. The van der Waals surface area contributed by atoms with E-state index >= 15 is 0 Å². The van der Waals surface area contributed by atoms with E-state index in [1.54, 1.807) is 7.11 Å². The number of benzene rings is 2. The summed E-state index contributed by atoms with van der Waals surface area (Å²) in [5.74, 6) is 1.22. The molecule has 2 fully saturated rings. The van der Waals surface area contributed by atoms with Crippen molar-refractivity contribution in [1.29, 1.82) is 0 Å². The third kappa shape index (κ3) is 4.38. The molecular formula is C25H30N2O2. The highest BCUT2D eigenvalue weighted by molar-refractivity contribution is 5.79. The van der Waals surface area contributed by atoms with Gasteiger partial charge in [-0.15, -0.1) is 0 Å². The van der Waals surface area contributed by atoms with E-state index < -0.39 is 0 Å². The van der Waals surface area contributed by atoms with Crippen molar-refractivity contribution in [2.45, 2.75) is 37.8 Å². The van der Waals surface area contributed by atoms with E-state index in [4.69, 9.17) is 4.74 Å². The van der Waals surface area contributed by atoms with Crippen LogP contribution in [0.25, 0.3) is 6.08 Å². The molecule has 2 heterocycles. The number of hydrogen-bond acceptors (Lipinski definition) is 3. The molecule has 2 aromatic rings. The molecule has 2 aliphatic heterocycles. The Morgan fingerprint density at radius 1 is 1.00 bits per heavy atom. The van der Waals surface area contributed by atoms with Crippen molar-refractivity contribution >= 4 is 12.0 Å². The molecule has 2 aliphatic rings. The highest BCUT2D eigenvalue weighted by Crippen LogP contribution is 2.40. The van der Waals surface area contributed by atoms with Crippen LogP contribution >= 0.6 is 0 Å². The lowest BCUT2D eigenvalue weighted by Gasteiger charge is -2.45. The number of ether oxygens (including phenoxy) is 1. The number of para-hydroxylation sites is 1. The van der Waals surface area contributed by atoms with Gasteiger partial charge in [-0.1, -0.05) is 60.7 Å². The van der Waals surface area contributed by atoms with Crippen LogP contribution < -0.4 is 4.74 Å². The van der Waals surface area contributed by atoms with E-state index in [0.717, 1.165) is 56.8 Å². The van der Waals surface area contributed by atoms with Crippen LogP contribution in [-0.2, 0) is 11.3 Å². The second-order valence-electron chi connectivity index (χ2n) is 8.13. The molecular weight excluding hydrogens is 360 g/mol. The quantitative estimate of drug-likeness (QED) is 0.734. The van der Waals surface area contributed by atoms with Crippen molar-refractivity contribution < 1.29 is 9.53 Å². The lowest BCUT2D eigenvalue weighted by molar-refractivity contribution is -0.133. The van der Waals surface area contributed by atoms with Gasteiger partial charge in [0.2, 0.25) is 5.91 Å². The summed E-state index contributed by atoms with van der Waals surface area (Å²) in [4.78, 5) is 17.3. The van der Waals surface area contributed by atoms with E-state index in [1.807, 2.05) is 24.3 Å². The summed E-state index contributed by atoms with van der Waals surface area (Å²) in [7, 11) is 1.71. The first kappa shape index (κ1) is 19.7. The Balaban J connectivity index is 1.35. The molecule has 152 valence electrons. The summed E-state index contributed by atoms with van der Waals surface area (Å²) in [6.45, 7) is 3.75. The summed E-state index contributed by atoms with van der Waals surface area (Å²) in [6.07, 6.45) is 8.19. The number of carbonyl (C=O) groups is 1. The van der Waals surface area contributed by atoms with Gasteiger partial charge in [-0.05, 0) is 30.9 Å². The molecule has 4 heteroatoms. The molecule has 0 aromatic heterocycles. The summed E-state index contributed by atoms with van der Waals surface area (Å²) in [5.41, 5.74) is 2.39. The van der Waals surface area contributed by atoms with Crippen LogP contribution in [-0.4, -0.2) is 48.0 Å². The van der Waals surface area contributed by atoms with E-state index in [1.165, 1.54) is 5.56 Å². The molecule has 1 amide bonds. The van der Waals surface area contributed by atoms with Gasteiger partial charge in [0.05, 0.1) is 7.11 Å². The first-order valence-corrected chi connectivity index (χ1v) is 10.6. The van der Waals surface area contributed by atoms with Gasteiger partial charge in [-0.25, -0.2) is 0 Å². The molecule has 0 bridgehead atoms. The number of likely N-dealkylation sites (tertiary alicyclic amines) is 2. The fraction of sp³-hybridized carbons (Fsp3) is 0.400. The second-order valence-corrected chi connectivity index (χ2v) is 8.13. The van der Waals surface area contributed by atoms with Gasteiger partial charge < -0.3 is 9.64 Å². The summed E-state index contributed by atoms with van der Waals surface area (Å²) in [6, 6.07) is 18.5. The minimum absolute atomic E-state index is 0.0514. The standard InChI is InChI=1S/C25H30N2O2/c1-29-23-12-6-5-10-22(23)11-7-17-26-18-15-25(16-19-26)14-13-24(28)27(25)20-21-8-3-2-4-9-21/h2-12H,13-20H2,1H3/b11-7+. The molecule has 2 aromatic carbocycles. The predicted molar refractivity (Wildman–Crippen MR) is 117 cm³/mol. The van der Waals surface area contributed by atoms with Crippen LogP contribution in [0.3, 0.4) is 0 Å². The van der Waals surface area contributed by atoms with Crippen LogP contribution in [0.1, 0.15) is 36.8 Å². The largest absolute Gasteiger partial charge is 0.496 e. The monoisotopic (exact) mass is 390 g/mol. The third-order valence-corrected chi connectivity index (χ3v) is 6.45. The normalized spacial score (nSPS) is 19.3. The average molecular weight is 391 g/mol. The van der Waals surface area contributed by atoms with E-state index in [-0.39, 0.29) is 5.54 Å². The van der Waals surface area contributed by atoms with Crippen LogP contribution in [0.4, 0.5) is 0 Å². The summed E-state index contributed by atoms with van der Waals surface area (Å²) < 4.78 is 5.42. The third-order valence-electron chi connectivity index (χ3n) is 6.45. The van der Waals surface area contributed by atoms with Crippen molar-refractivity contribution in [3.63, 3.8) is 0 Å². The van der Waals surface area contributed by atoms with E-state index in [0.29, 0.717) is 12.3 Å². The Labute approximate surface area is 173 Å². The Kier molecular flexibility index (Phi) is 6.00. The number of piperidine rings is 1. The SMILES string of the molecule is COc1ccccc1/C=C/CN1CCC2(CCC(=O)N2Cc2ccccc2)CC1. The minimum atomic E-state index is 0.0514. The van der Waals surface area contributed by atoms with Gasteiger partial charge in [0, 0.05) is 43.7 Å². The molecule has 0 N–H and O–H groups in total. The summed E-state index contributed by atoms with van der Waals surface area (Å²) >= 11 is 0. The van der Waals surface area contributed by atoms with Gasteiger partial charge in [0.15, 0.2) is 0 Å². The topological polar surface area (TPSA) is 32.8 Å². The highest BCUT2D eigenvalue weighted by atomic mass is 16.5. The van der Waals surface area contributed by atoms with Crippen LogP contribution in [0, 0.1) is 0 Å². The van der Waals surface area contributed by atoms with Crippen molar-refractivity contribution in [2.24, 2.45) is 0 Å². The van der Waals surface area contributed by atoms with Gasteiger partial charge in [0.25, 0.3) is 0 Å². The Bertz CT molecular complexity index is 854. The fourth-order valence-electron chi connectivity index (χ4n) is 4.70. The maximum atomic E-state index is 12.6. The lowest BCUT2D eigenvalue weighted by Crippen LogP contribution is -2.52. The maximum Gasteiger partial charge on any atom is 0.223 e. The molecule has 0 aliphatic carbocycles. The minimum Gasteiger partial charge on any atom is -0.496 e. The van der Waals surface area contributed by atoms with Crippen molar-refractivity contribution in [2.75, 3.05) is 26.7 Å². The van der Waals surface area contributed by atoms with Gasteiger partial charge in [-0.2, -0.15) is 0 Å². The predicted octanol–water partition coefficient (Wildman–Crippen LogP) is 4.37. The van der Waals surface area contributed by atoms with Gasteiger partial charge in [-0.3, -0.25) is 9.69 Å². The molecule has 1 spiro atoms. The molecule has 4 rings (SSSR count). The number of carbonyl (C=O) groups excluding carboxylic acids is 1. The number of rotatable bonds is 6. The number of amides is 1. The van der Waals surface area contributed by atoms with E-state index in [2.05, 4.69) is 52.3 Å². The van der Waals surface area contributed by atoms with Crippen molar-refractivity contribution in [3.05, 3.63) is 71.8 Å². The van der Waals surface area contributed by atoms with Gasteiger partial charge >= 0.3 is 0 Å². The Morgan fingerprint density at radius 2 is 1.72 bits per heavy atom. The Morgan fingerprint density at radius 3 is 2.48 bits per heavy atom. The second kappa shape index (κ2) is 8.83. The van der Waals surface area contributed by atoms with Crippen molar-refractivity contribution in [1.82, 2.24) is 9.80 Å². The molecule has 29 heavy (non-hydrogen) atoms. The smallest absolute Gasteiger partial charge is 0.223 e. The zero-order valence-corrected chi connectivity index (χ0v) is 17.2. The maximum absolute atomic E-state index is 12.6. The molecule has 0 radical (unpaired) electrons. The van der Waals surface area contributed by atoms with Crippen LogP contribution in [0.2, 0.25) is 0 Å².